The molecule has 1 aromatic carbocycles. The van der Waals surface area contributed by atoms with Crippen LogP contribution < -0.4 is 5.73 Å². The minimum absolute atomic E-state index is 0.0405. The van der Waals surface area contributed by atoms with E-state index < -0.39 is 11.1 Å². The average Bonchev–Trinajstić information content (AvgIpc) is 2.15. The second kappa shape index (κ2) is 4.65. The highest BCUT2D eigenvalue weighted by Crippen LogP contribution is 2.37. The lowest BCUT2D eigenvalue weighted by molar-refractivity contribution is -0.0328. The lowest BCUT2D eigenvalue weighted by atomic mass is 9.96. The molecule has 3 N–H and O–H groups in total. The molecule has 0 aliphatic rings. The molecule has 1 unspecified atom stereocenters. The molecule has 2 nitrogen and oxygen atoms in total. The van der Waals surface area contributed by atoms with Crippen LogP contribution in [0.3, 0.4) is 0 Å². The summed E-state index contributed by atoms with van der Waals surface area (Å²) in [5.41, 5.74) is 0.0859. The van der Waals surface area contributed by atoms with Crippen LogP contribution >= 0.6 is 11.8 Å². The van der Waals surface area contributed by atoms with Crippen LogP contribution in [0.15, 0.2) is 29.2 Å². The van der Waals surface area contributed by atoms with E-state index in [0.717, 1.165) is 0 Å². The summed E-state index contributed by atoms with van der Waals surface area (Å²) in [6.45, 7) is 1.41. The van der Waals surface area contributed by atoms with Gasteiger partial charge in [0.15, 0.2) is 0 Å². The summed E-state index contributed by atoms with van der Waals surface area (Å²) in [6, 6.07) is 5.65. The largest absolute Gasteiger partial charge is 0.446 e. The highest BCUT2D eigenvalue weighted by atomic mass is 32.2. The van der Waals surface area contributed by atoms with Crippen molar-refractivity contribution < 1.29 is 18.3 Å². The Bertz CT molecular complexity index is 365. The van der Waals surface area contributed by atoms with Crippen molar-refractivity contribution in [3.05, 3.63) is 29.8 Å². The van der Waals surface area contributed by atoms with Crippen molar-refractivity contribution in [2.75, 3.05) is 6.54 Å². The smallest absolute Gasteiger partial charge is 0.384 e. The van der Waals surface area contributed by atoms with Crippen molar-refractivity contribution in [2.24, 2.45) is 5.73 Å². The number of aliphatic hydroxyl groups is 1. The first-order valence-corrected chi connectivity index (χ1v) is 5.35. The van der Waals surface area contributed by atoms with Crippen LogP contribution in [0.25, 0.3) is 0 Å². The highest BCUT2D eigenvalue weighted by molar-refractivity contribution is 8.00. The summed E-state index contributed by atoms with van der Waals surface area (Å²) in [5, 5.41) is 9.80. The Balaban J connectivity index is 2.96. The number of thioether (sulfide) groups is 1. The van der Waals surface area contributed by atoms with Crippen molar-refractivity contribution in [3.8, 4) is 0 Å². The maximum atomic E-state index is 12.1. The van der Waals surface area contributed by atoms with Crippen molar-refractivity contribution in [2.45, 2.75) is 22.9 Å². The van der Waals surface area contributed by atoms with Crippen LogP contribution in [0.4, 0.5) is 13.2 Å². The molecule has 0 radical (unpaired) electrons. The predicted molar refractivity (Wildman–Crippen MR) is 57.0 cm³/mol. The third-order valence-electron chi connectivity index (χ3n) is 2.09. The Kier molecular flexibility index (Phi) is 3.88. The lowest BCUT2D eigenvalue weighted by Crippen LogP contribution is -2.31. The van der Waals surface area contributed by atoms with Crippen molar-refractivity contribution >= 4 is 11.8 Å². The number of alkyl halides is 3. The molecule has 0 amide bonds. The molecule has 0 spiro atoms. The molecule has 0 aromatic heterocycles. The van der Waals surface area contributed by atoms with E-state index in [0.29, 0.717) is 5.56 Å². The zero-order valence-electron chi connectivity index (χ0n) is 8.58. The van der Waals surface area contributed by atoms with Gasteiger partial charge in [-0.1, -0.05) is 12.1 Å². The van der Waals surface area contributed by atoms with Gasteiger partial charge in [0.25, 0.3) is 0 Å². The molecule has 0 saturated carbocycles. The number of halogens is 3. The Morgan fingerprint density at radius 1 is 1.38 bits per heavy atom. The first-order chi connectivity index (χ1) is 7.24. The molecule has 0 fully saturated rings. The predicted octanol–water partition coefficient (Wildman–Crippen LogP) is 2.46. The molecule has 1 aromatic rings. The molecule has 90 valence electrons. The molecule has 0 aliphatic heterocycles. The standard InChI is InChI=1S/C10H12F3NOS/c1-9(15,6-14)7-3-2-4-8(5-7)16-10(11,12)13/h2-5,15H,6,14H2,1H3. The van der Waals surface area contributed by atoms with E-state index in [1.54, 1.807) is 6.07 Å². The Labute approximate surface area is 95.6 Å². The fourth-order valence-electron chi connectivity index (χ4n) is 1.15. The van der Waals surface area contributed by atoms with Crippen LogP contribution in [0.2, 0.25) is 0 Å². The SMILES string of the molecule is CC(O)(CN)c1cccc(SC(F)(F)F)c1. The number of hydrogen-bond acceptors (Lipinski definition) is 3. The Morgan fingerprint density at radius 2 is 2.00 bits per heavy atom. The summed E-state index contributed by atoms with van der Waals surface area (Å²) in [6.07, 6.45) is 0. The monoisotopic (exact) mass is 251 g/mol. The number of rotatable bonds is 3. The fraction of sp³-hybridized carbons (Fsp3) is 0.400. The molecule has 16 heavy (non-hydrogen) atoms. The quantitative estimate of drug-likeness (QED) is 0.811. The first kappa shape index (κ1) is 13.3. The summed E-state index contributed by atoms with van der Waals surface area (Å²) >= 11 is -0.210. The third kappa shape index (κ3) is 3.70. The van der Waals surface area contributed by atoms with Crippen LogP contribution in [-0.2, 0) is 5.60 Å². The summed E-state index contributed by atoms with van der Waals surface area (Å²) in [5.74, 6) is 0. The first-order valence-electron chi connectivity index (χ1n) is 4.53. The van der Waals surface area contributed by atoms with Crippen molar-refractivity contribution in [3.63, 3.8) is 0 Å². The molecule has 0 aliphatic carbocycles. The van der Waals surface area contributed by atoms with Gasteiger partial charge in [0.1, 0.15) is 0 Å². The van der Waals surface area contributed by atoms with Gasteiger partial charge in [0.05, 0.1) is 5.60 Å². The normalized spacial score (nSPS) is 15.9. The summed E-state index contributed by atoms with van der Waals surface area (Å²) in [4.78, 5) is 0.0405. The number of nitrogens with two attached hydrogens (primary N) is 1. The van der Waals surface area contributed by atoms with E-state index in [4.69, 9.17) is 5.73 Å². The van der Waals surface area contributed by atoms with E-state index in [1.807, 2.05) is 0 Å². The van der Waals surface area contributed by atoms with Gasteiger partial charge in [-0.05, 0) is 36.4 Å². The molecular weight excluding hydrogens is 239 g/mol. The summed E-state index contributed by atoms with van der Waals surface area (Å²) in [7, 11) is 0. The van der Waals surface area contributed by atoms with Gasteiger partial charge in [-0.2, -0.15) is 13.2 Å². The van der Waals surface area contributed by atoms with Gasteiger partial charge in [0.2, 0.25) is 0 Å². The van der Waals surface area contributed by atoms with Crippen molar-refractivity contribution in [1.82, 2.24) is 0 Å². The molecule has 1 rings (SSSR count). The van der Waals surface area contributed by atoms with Gasteiger partial charge in [-0.25, -0.2) is 0 Å². The lowest BCUT2D eigenvalue weighted by Gasteiger charge is -2.22. The van der Waals surface area contributed by atoms with Crippen LogP contribution in [0.1, 0.15) is 12.5 Å². The molecule has 6 heteroatoms. The van der Waals surface area contributed by atoms with E-state index in [2.05, 4.69) is 0 Å². The molecule has 1 atom stereocenters. The van der Waals surface area contributed by atoms with Gasteiger partial charge in [0, 0.05) is 11.4 Å². The number of benzene rings is 1. The van der Waals surface area contributed by atoms with E-state index in [1.165, 1.54) is 25.1 Å². The van der Waals surface area contributed by atoms with E-state index in [-0.39, 0.29) is 23.2 Å². The zero-order chi connectivity index (χ0) is 12.4. The second-order valence-corrected chi connectivity index (χ2v) is 4.69. The maximum Gasteiger partial charge on any atom is 0.446 e. The van der Waals surface area contributed by atoms with Crippen LogP contribution in [0.5, 0.6) is 0 Å². The molecular formula is C10H12F3NOS. The molecule has 0 heterocycles. The second-order valence-electron chi connectivity index (χ2n) is 3.55. The fourth-order valence-corrected chi connectivity index (χ4v) is 1.75. The van der Waals surface area contributed by atoms with Gasteiger partial charge < -0.3 is 10.8 Å². The topological polar surface area (TPSA) is 46.2 Å². The van der Waals surface area contributed by atoms with Crippen LogP contribution in [0, 0.1) is 0 Å². The minimum atomic E-state index is -4.33. The Hall–Kier alpha value is -0.720. The van der Waals surface area contributed by atoms with Crippen LogP contribution in [-0.4, -0.2) is 17.2 Å². The number of hydrogen-bond donors (Lipinski definition) is 2. The highest BCUT2D eigenvalue weighted by Gasteiger charge is 2.30. The summed E-state index contributed by atoms with van der Waals surface area (Å²) < 4.78 is 36.4. The maximum absolute atomic E-state index is 12.1. The molecule has 0 bridgehead atoms. The zero-order valence-corrected chi connectivity index (χ0v) is 9.40. The minimum Gasteiger partial charge on any atom is -0.384 e. The van der Waals surface area contributed by atoms with Gasteiger partial charge in [-0.15, -0.1) is 0 Å². The van der Waals surface area contributed by atoms with Crippen molar-refractivity contribution in [1.29, 1.82) is 0 Å². The Morgan fingerprint density at radius 3 is 2.50 bits per heavy atom. The van der Waals surface area contributed by atoms with E-state index >= 15 is 0 Å². The average molecular weight is 251 g/mol. The van der Waals surface area contributed by atoms with Gasteiger partial charge in [-0.3, -0.25) is 0 Å². The molecule has 0 saturated heterocycles. The van der Waals surface area contributed by atoms with Gasteiger partial charge >= 0.3 is 5.51 Å². The van der Waals surface area contributed by atoms with E-state index in [9.17, 15) is 18.3 Å². The third-order valence-corrected chi connectivity index (χ3v) is 2.81.